The van der Waals surface area contributed by atoms with Crippen LogP contribution in [-0.2, 0) is 0 Å². The summed E-state index contributed by atoms with van der Waals surface area (Å²) in [6, 6.07) is 10.2. The van der Waals surface area contributed by atoms with Crippen molar-refractivity contribution in [2.75, 3.05) is 6.54 Å². The Kier molecular flexibility index (Phi) is 2.64. The highest BCUT2D eigenvalue weighted by Gasteiger charge is 2.23. The molecule has 4 rings (SSSR count). The fourth-order valence-electron chi connectivity index (χ4n) is 2.68. The molecular formula is C18H14N2O. The minimum Gasteiger partial charge on any atom is -0.456 e. The second kappa shape index (κ2) is 4.63. The van der Waals surface area contributed by atoms with Gasteiger partial charge in [-0.25, -0.2) is 0 Å². The third-order valence-electron chi connectivity index (χ3n) is 3.81. The van der Waals surface area contributed by atoms with Crippen molar-refractivity contribution in [1.29, 1.82) is 0 Å². The van der Waals surface area contributed by atoms with Crippen molar-refractivity contribution in [3.8, 4) is 16.9 Å². The maximum atomic E-state index is 5.97. The SMILES string of the molecule is C=C1C2=C(C=CNC2)Oc2ccc(-c3cccnc3)cc21. The van der Waals surface area contributed by atoms with Crippen LogP contribution in [0.4, 0.5) is 0 Å². The quantitative estimate of drug-likeness (QED) is 0.864. The number of hydrogen-bond donors (Lipinski definition) is 1. The second-order valence-corrected chi connectivity index (χ2v) is 5.09. The molecule has 2 aliphatic heterocycles. The summed E-state index contributed by atoms with van der Waals surface area (Å²) in [4.78, 5) is 4.18. The first-order chi connectivity index (χ1) is 10.3. The van der Waals surface area contributed by atoms with E-state index in [1.54, 1.807) is 6.20 Å². The maximum Gasteiger partial charge on any atom is 0.135 e. The minimum absolute atomic E-state index is 0.751. The number of nitrogens with one attached hydrogen (secondary N) is 1. The molecule has 0 saturated heterocycles. The highest BCUT2D eigenvalue weighted by Crippen LogP contribution is 2.40. The Balaban J connectivity index is 1.81. The first kappa shape index (κ1) is 12.0. The molecule has 0 bridgehead atoms. The van der Waals surface area contributed by atoms with Gasteiger partial charge in [-0.1, -0.05) is 18.7 Å². The molecule has 1 aromatic heterocycles. The van der Waals surface area contributed by atoms with Crippen LogP contribution in [-0.4, -0.2) is 11.5 Å². The van der Waals surface area contributed by atoms with Crippen molar-refractivity contribution in [3.05, 3.63) is 78.5 Å². The molecule has 0 saturated carbocycles. The van der Waals surface area contributed by atoms with E-state index in [1.165, 1.54) is 0 Å². The van der Waals surface area contributed by atoms with Crippen molar-refractivity contribution in [3.63, 3.8) is 0 Å². The zero-order chi connectivity index (χ0) is 14.2. The molecule has 0 fully saturated rings. The van der Waals surface area contributed by atoms with Crippen molar-refractivity contribution < 1.29 is 4.74 Å². The Morgan fingerprint density at radius 2 is 2.14 bits per heavy atom. The number of ether oxygens (including phenoxy) is 1. The Labute approximate surface area is 123 Å². The van der Waals surface area contributed by atoms with Crippen LogP contribution in [0, 0.1) is 0 Å². The molecule has 21 heavy (non-hydrogen) atoms. The lowest BCUT2D eigenvalue weighted by atomic mass is 9.92. The summed E-state index contributed by atoms with van der Waals surface area (Å²) in [5, 5.41) is 3.20. The zero-order valence-electron chi connectivity index (χ0n) is 11.5. The molecule has 0 amide bonds. The molecule has 102 valence electrons. The summed E-state index contributed by atoms with van der Waals surface area (Å²) >= 11 is 0. The van der Waals surface area contributed by atoms with E-state index in [0.717, 1.165) is 45.9 Å². The lowest BCUT2D eigenvalue weighted by Gasteiger charge is -2.26. The predicted octanol–water partition coefficient (Wildman–Crippen LogP) is 3.53. The van der Waals surface area contributed by atoms with E-state index in [0.29, 0.717) is 0 Å². The largest absolute Gasteiger partial charge is 0.456 e. The van der Waals surface area contributed by atoms with Crippen LogP contribution in [0.25, 0.3) is 16.7 Å². The van der Waals surface area contributed by atoms with E-state index in [2.05, 4.69) is 35.1 Å². The van der Waals surface area contributed by atoms with Gasteiger partial charge in [-0.2, -0.15) is 0 Å². The molecular weight excluding hydrogens is 260 g/mol. The lowest BCUT2D eigenvalue weighted by molar-refractivity contribution is 0.428. The topological polar surface area (TPSA) is 34.1 Å². The average Bonchev–Trinajstić information content (AvgIpc) is 2.56. The predicted molar refractivity (Wildman–Crippen MR) is 83.5 cm³/mol. The highest BCUT2D eigenvalue weighted by atomic mass is 16.5. The Morgan fingerprint density at radius 1 is 1.19 bits per heavy atom. The molecule has 3 heterocycles. The maximum absolute atomic E-state index is 5.97. The molecule has 3 nitrogen and oxygen atoms in total. The third kappa shape index (κ3) is 1.94. The molecule has 2 aromatic rings. The summed E-state index contributed by atoms with van der Waals surface area (Å²) < 4.78 is 5.97. The Hall–Kier alpha value is -2.81. The van der Waals surface area contributed by atoms with Gasteiger partial charge in [0.05, 0.1) is 0 Å². The van der Waals surface area contributed by atoms with Gasteiger partial charge in [0.25, 0.3) is 0 Å². The van der Waals surface area contributed by atoms with Gasteiger partial charge in [-0.05, 0) is 35.4 Å². The number of benzene rings is 1. The monoisotopic (exact) mass is 274 g/mol. The lowest BCUT2D eigenvalue weighted by Crippen LogP contribution is -2.21. The highest BCUT2D eigenvalue weighted by molar-refractivity contribution is 5.86. The van der Waals surface area contributed by atoms with E-state index < -0.39 is 0 Å². The number of aromatic nitrogens is 1. The van der Waals surface area contributed by atoms with Crippen LogP contribution < -0.4 is 10.1 Å². The van der Waals surface area contributed by atoms with Crippen molar-refractivity contribution in [2.24, 2.45) is 0 Å². The third-order valence-corrected chi connectivity index (χ3v) is 3.81. The second-order valence-electron chi connectivity index (χ2n) is 5.09. The number of pyridine rings is 1. The summed E-state index contributed by atoms with van der Waals surface area (Å²) in [6.45, 7) is 5.00. The fourth-order valence-corrected chi connectivity index (χ4v) is 2.68. The van der Waals surface area contributed by atoms with Gasteiger partial charge in [0.15, 0.2) is 0 Å². The molecule has 0 aliphatic carbocycles. The molecule has 0 unspecified atom stereocenters. The van der Waals surface area contributed by atoms with E-state index in [1.807, 2.05) is 30.6 Å². The summed E-state index contributed by atoms with van der Waals surface area (Å²) in [5.41, 5.74) is 5.40. The summed E-state index contributed by atoms with van der Waals surface area (Å²) in [6.07, 6.45) is 7.49. The zero-order valence-corrected chi connectivity index (χ0v) is 11.5. The smallest absolute Gasteiger partial charge is 0.135 e. The molecule has 3 heteroatoms. The number of nitrogens with zero attached hydrogens (tertiary/aromatic N) is 1. The van der Waals surface area contributed by atoms with Crippen molar-refractivity contribution in [1.82, 2.24) is 10.3 Å². The fraction of sp³-hybridized carbons (Fsp3) is 0.0556. The van der Waals surface area contributed by atoms with Gasteiger partial charge in [-0.15, -0.1) is 0 Å². The van der Waals surface area contributed by atoms with Crippen molar-refractivity contribution in [2.45, 2.75) is 0 Å². The van der Waals surface area contributed by atoms with Crippen LogP contribution in [0.3, 0.4) is 0 Å². The summed E-state index contributed by atoms with van der Waals surface area (Å²) in [5.74, 6) is 1.75. The van der Waals surface area contributed by atoms with Gasteiger partial charge in [0, 0.05) is 41.8 Å². The van der Waals surface area contributed by atoms with Gasteiger partial charge in [0.1, 0.15) is 11.5 Å². The van der Waals surface area contributed by atoms with E-state index in [9.17, 15) is 0 Å². The van der Waals surface area contributed by atoms with Crippen molar-refractivity contribution >= 4 is 5.57 Å². The number of allylic oxidation sites excluding steroid dienone is 1. The first-order valence-electron chi connectivity index (χ1n) is 6.88. The normalized spacial score (nSPS) is 15.9. The van der Waals surface area contributed by atoms with E-state index >= 15 is 0 Å². The van der Waals surface area contributed by atoms with Crippen LogP contribution in [0.1, 0.15) is 5.56 Å². The molecule has 1 N–H and O–H groups in total. The molecule has 0 atom stereocenters. The standard InChI is InChI=1S/C18H14N2O/c1-12-15-9-13(14-3-2-7-19-10-14)4-5-17(15)21-18-6-8-20-11-16(12)18/h2-10,20H,1,11H2. The number of rotatable bonds is 1. The van der Waals surface area contributed by atoms with E-state index in [4.69, 9.17) is 4.74 Å². The van der Waals surface area contributed by atoms with Gasteiger partial charge < -0.3 is 10.1 Å². The van der Waals surface area contributed by atoms with Crippen LogP contribution >= 0.6 is 0 Å². The van der Waals surface area contributed by atoms with Gasteiger partial charge in [-0.3, -0.25) is 4.98 Å². The Morgan fingerprint density at radius 3 is 3.00 bits per heavy atom. The van der Waals surface area contributed by atoms with Gasteiger partial charge >= 0.3 is 0 Å². The molecule has 0 radical (unpaired) electrons. The molecule has 1 aromatic carbocycles. The van der Waals surface area contributed by atoms with Crippen LogP contribution in [0.15, 0.2) is 72.9 Å². The van der Waals surface area contributed by atoms with Crippen LogP contribution in [0.2, 0.25) is 0 Å². The minimum atomic E-state index is 0.751. The average molecular weight is 274 g/mol. The number of fused-ring (bicyclic) bond motifs is 1. The van der Waals surface area contributed by atoms with E-state index in [-0.39, 0.29) is 0 Å². The number of dihydropyridines is 1. The molecule has 0 spiro atoms. The Bertz CT molecular complexity index is 788. The number of hydrogen-bond acceptors (Lipinski definition) is 3. The first-order valence-corrected chi connectivity index (χ1v) is 6.88. The van der Waals surface area contributed by atoms with Gasteiger partial charge in [0.2, 0.25) is 0 Å². The molecule has 2 aliphatic rings. The van der Waals surface area contributed by atoms with Crippen LogP contribution in [0.5, 0.6) is 5.75 Å². The summed E-state index contributed by atoms with van der Waals surface area (Å²) in [7, 11) is 0.